The Bertz CT molecular complexity index is 358. The standard InChI is InChI=1S/C15H21N/c1-15(9-2-10-15)16-11-12-3-5-13(6-4-12)14-7-8-14/h3-6,14,16H,2,7-11H2,1H3. The molecule has 0 amide bonds. The molecule has 0 aromatic heterocycles. The number of nitrogens with one attached hydrogen (secondary N) is 1. The largest absolute Gasteiger partial charge is 0.307 e. The molecule has 1 heteroatoms. The molecular weight excluding hydrogens is 194 g/mol. The van der Waals surface area contributed by atoms with Crippen LogP contribution in [0.5, 0.6) is 0 Å². The summed E-state index contributed by atoms with van der Waals surface area (Å²) in [6, 6.07) is 9.22. The molecule has 86 valence electrons. The monoisotopic (exact) mass is 215 g/mol. The third-order valence-corrected chi connectivity index (χ3v) is 4.20. The van der Waals surface area contributed by atoms with Crippen LogP contribution >= 0.6 is 0 Å². The summed E-state index contributed by atoms with van der Waals surface area (Å²) in [5.74, 6) is 0.881. The molecule has 3 rings (SSSR count). The van der Waals surface area contributed by atoms with Gasteiger partial charge in [0.2, 0.25) is 0 Å². The van der Waals surface area contributed by atoms with Crippen LogP contribution in [0.4, 0.5) is 0 Å². The molecule has 1 N–H and O–H groups in total. The van der Waals surface area contributed by atoms with Gasteiger partial charge in [0.1, 0.15) is 0 Å². The topological polar surface area (TPSA) is 12.0 Å². The van der Waals surface area contributed by atoms with Gasteiger partial charge in [-0.15, -0.1) is 0 Å². The predicted octanol–water partition coefficient (Wildman–Crippen LogP) is 3.60. The lowest BCUT2D eigenvalue weighted by molar-refractivity contribution is 0.207. The zero-order valence-corrected chi connectivity index (χ0v) is 10.1. The van der Waals surface area contributed by atoms with Crippen molar-refractivity contribution in [2.24, 2.45) is 0 Å². The molecule has 2 fully saturated rings. The second-order valence-electron chi connectivity index (χ2n) is 5.78. The van der Waals surface area contributed by atoms with E-state index in [4.69, 9.17) is 0 Å². The lowest BCUT2D eigenvalue weighted by Crippen LogP contribution is -2.47. The number of hydrogen-bond donors (Lipinski definition) is 1. The summed E-state index contributed by atoms with van der Waals surface area (Å²) in [6.45, 7) is 3.37. The Labute approximate surface area is 98.3 Å². The molecule has 0 aliphatic heterocycles. The van der Waals surface area contributed by atoms with E-state index in [9.17, 15) is 0 Å². The first kappa shape index (κ1) is 10.3. The summed E-state index contributed by atoms with van der Waals surface area (Å²) in [6.07, 6.45) is 6.87. The van der Waals surface area contributed by atoms with Gasteiger partial charge in [0.25, 0.3) is 0 Å². The molecule has 0 unspecified atom stereocenters. The van der Waals surface area contributed by atoms with Gasteiger partial charge in [0.15, 0.2) is 0 Å². The average molecular weight is 215 g/mol. The minimum absolute atomic E-state index is 0.426. The van der Waals surface area contributed by atoms with Gasteiger partial charge in [-0.2, -0.15) is 0 Å². The van der Waals surface area contributed by atoms with Gasteiger partial charge in [0, 0.05) is 12.1 Å². The Hall–Kier alpha value is -0.820. The summed E-state index contributed by atoms with van der Waals surface area (Å²) in [7, 11) is 0. The summed E-state index contributed by atoms with van der Waals surface area (Å²) in [4.78, 5) is 0. The van der Waals surface area contributed by atoms with E-state index in [-0.39, 0.29) is 0 Å². The highest BCUT2D eigenvalue weighted by Gasteiger charge is 2.30. The second kappa shape index (κ2) is 3.89. The van der Waals surface area contributed by atoms with Crippen molar-refractivity contribution in [2.45, 2.75) is 57.0 Å². The van der Waals surface area contributed by atoms with Crippen LogP contribution in [0, 0.1) is 0 Å². The minimum Gasteiger partial charge on any atom is -0.307 e. The highest BCUT2D eigenvalue weighted by atomic mass is 15.0. The van der Waals surface area contributed by atoms with E-state index in [1.807, 2.05) is 0 Å². The van der Waals surface area contributed by atoms with Crippen LogP contribution in [0.15, 0.2) is 24.3 Å². The minimum atomic E-state index is 0.426. The highest BCUT2D eigenvalue weighted by Crippen LogP contribution is 2.40. The predicted molar refractivity (Wildman–Crippen MR) is 67.5 cm³/mol. The van der Waals surface area contributed by atoms with E-state index in [1.54, 1.807) is 5.56 Å². The van der Waals surface area contributed by atoms with Gasteiger partial charge in [-0.25, -0.2) is 0 Å². The Morgan fingerprint density at radius 3 is 2.38 bits per heavy atom. The fourth-order valence-electron chi connectivity index (χ4n) is 2.52. The first-order valence-corrected chi connectivity index (χ1v) is 6.59. The van der Waals surface area contributed by atoms with E-state index < -0.39 is 0 Å². The maximum absolute atomic E-state index is 3.68. The van der Waals surface area contributed by atoms with Crippen molar-refractivity contribution < 1.29 is 0 Å². The molecule has 0 spiro atoms. The normalized spacial score (nSPS) is 22.8. The van der Waals surface area contributed by atoms with Crippen molar-refractivity contribution in [3.05, 3.63) is 35.4 Å². The Morgan fingerprint density at radius 1 is 1.19 bits per heavy atom. The first-order valence-electron chi connectivity index (χ1n) is 6.59. The number of rotatable bonds is 4. The maximum atomic E-state index is 3.68. The van der Waals surface area contributed by atoms with E-state index in [1.165, 1.54) is 37.7 Å². The zero-order chi connectivity index (χ0) is 11.0. The Kier molecular flexibility index (Phi) is 2.51. The molecule has 0 atom stereocenters. The number of benzene rings is 1. The van der Waals surface area contributed by atoms with Crippen molar-refractivity contribution in [1.29, 1.82) is 0 Å². The zero-order valence-electron chi connectivity index (χ0n) is 10.1. The van der Waals surface area contributed by atoms with Gasteiger partial charge >= 0.3 is 0 Å². The highest BCUT2D eigenvalue weighted by molar-refractivity contribution is 5.28. The lowest BCUT2D eigenvalue weighted by Gasteiger charge is -2.39. The SMILES string of the molecule is CC1(NCc2ccc(C3CC3)cc2)CCC1. The van der Waals surface area contributed by atoms with Crippen LogP contribution in [0.1, 0.15) is 56.1 Å². The molecule has 0 heterocycles. The Morgan fingerprint density at radius 2 is 1.88 bits per heavy atom. The van der Waals surface area contributed by atoms with Crippen LogP contribution in [0.3, 0.4) is 0 Å². The van der Waals surface area contributed by atoms with E-state index >= 15 is 0 Å². The van der Waals surface area contributed by atoms with Crippen molar-refractivity contribution in [2.75, 3.05) is 0 Å². The Balaban J connectivity index is 1.57. The quantitative estimate of drug-likeness (QED) is 0.809. The maximum Gasteiger partial charge on any atom is 0.0210 e. The van der Waals surface area contributed by atoms with Gasteiger partial charge in [-0.1, -0.05) is 24.3 Å². The van der Waals surface area contributed by atoms with Crippen molar-refractivity contribution in [1.82, 2.24) is 5.32 Å². The van der Waals surface area contributed by atoms with Gasteiger partial charge < -0.3 is 5.32 Å². The van der Waals surface area contributed by atoms with E-state index in [2.05, 4.69) is 36.5 Å². The molecule has 2 saturated carbocycles. The van der Waals surface area contributed by atoms with Crippen molar-refractivity contribution >= 4 is 0 Å². The molecule has 0 saturated heterocycles. The third kappa shape index (κ3) is 2.15. The van der Waals surface area contributed by atoms with Gasteiger partial charge in [-0.05, 0) is 56.1 Å². The van der Waals surface area contributed by atoms with Crippen LogP contribution < -0.4 is 5.32 Å². The molecule has 1 aromatic carbocycles. The van der Waals surface area contributed by atoms with Gasteiger partial charge in [0.05, 0.1) is 0 Å². The summed E-state index contributed by atoms with van der Waals surface area (Å²) in [5, 5.41) is 3.68. The van der Waals surface area contributed by atoms with Gasteiger partial charge in [-0.3, -0.25) is 0 Å². The summed E-state index contributed by atoms with van der Waals surface area (Å²) in [5.41, 5.74) is 3.39. The molecule has 0 bridgehead atoms. The van der Waals surface area contributed by atoms with Crippen molar-refractivity contribution in [3.63, 3.8) is 0 Å². The third-order valence-electron chi connectivity index (χ3n) is 4.20. The van der Waals surface area contributed by atoms with Crippen molar-refractivity contribution in [3.8, 4) is 0 Å². The van der Waals surface area contributed by atoms with E-state index in [0.717, 1.165) is 12.5 Å². The second-order valence-corrected chi connectivity index (χ2v) is 5.78. The summed E-state index contributed by atoms with van der Waals surface area (Å²) < 4.78 is 0. The van der Waals surface area contributed by atoms with Crippen LogP contribution in [-0.2, 0) is 6.54 Å². The molecule has 1 nitrogen and oxygen atoms in total. The van der Waals surface area contributed by atoms with Crippen LogP contribution in [-0.4, -0.2) is 5.54 Å². The molecule has 2 aliphatic rings. The fourth-order valence-corrected chi connectivity index (χ4v) is 2.52. The fraction of sp³-hybridized carbons (Fsp3) is 0.600. The van der Waals surface area contributed by atoms with Crippen LogP contribution in [0.25, 0.3) is 0 Å². The molecule has 16 heavy (non-hydrogen) atoms. The average Bonchev–Trinajstić information content (AvgIpc) is 3.08. The van der Waals surface area contributed by atoms with Crippen LogP contribution in [0.2, 0.25) is 0 Å². The smallest absolute Gasteiger partial charge is 0.0210 e. The molecule has 0 radical (unpaired) electrons. The molecule has 1 aromatic rings. The lowest BCUT2D eigenvalue weighted by atomic mass is 9.78. The summed E-state index contributed by atoms with van der Waals surface area (Å²) >= 11 is 0. The molecular formula is C15H21N. The van der Waals surface area contributed by atoms with E-state index in [0.29, 0.717) is 5.54 Å². The number of hydrogen-bond acceptors (Lipinski definition) is 1. The first-order chi connectivity index (χ1) is 7.75. The molecule has 2 aliphatic carbocycles.